The van der Waals surface area contributed by atoms with Gasteiger partial charge in [0.1, 0.15) is 0 Å². The fourth-order valence-corrected chi connectivity index (χ4v) is 6.88. The van der Waals surface area contributed by atoms with Crippen LogP contribution in [0.1, 0.15) is 226 Å². The molecule has 0 saturated heterocycles. The maximum Gasteiger partial charge on any atom is 0.314 e. The quantitative estimate of drug-likeness (QED) is 0.0632. The summed E-state index contributed by atoms with van der Waals surface area (Å²) in [6.07, 6.45) is 45.7. The molecular formula is C43H88N2O3. The van der Waals surface area contributed by atoms with E-state index >= 15 is 0 Å². The highest BCUT2D eigenvalue weighted by molar-refractivity contribution is 5.73. The third-order valence-electron chi connectivity index (χ3n) is 10.2. The van der Waals surface area contributed by atoms with Crippen molar-refractivity contribution < 1.29 is 14.3 Å². The summed E-state index contributed by atoms with van der Waals surface area (Å²) in [5, 5.41) is 6.20. The first kappa shape index (κ1) is 47.2. The van der Waals surface area contributed by atoms with Crippen LogP contribution in [-0.2, 0) is 9.47 Å². The molecule has 48 heavy (non-hydrogen) atoms. The second-order valence-electron chi connectivity index (χ2n) is 14.9. The monoisotopic (exact) mass is 681 g/mol. The lowest BCUT2D eigenvalue weighted by atomic mass is 9.94. The minimum atomic E-state index is -0.0233. The van der Waals surface area contributed by atoms with Gasteiger partial charge in [0.2, 0.25) is 0 Å². The van der Waals surface area contributed by atoms with E-state index in [1.54, 1.807) is 7.11 Å². The molecule has 5 heteroatoms. The van der Waals surface area contributed by atoms with Crippen molar-refractivity contribution in [3.63, 3.8) is 0 Å². The number of carbonyl (C=O) groups is 1. The number of rotatable bonds is 41. The van der Waals surface area contributed by atoms with Gasteiger partial charge in [-0.1, -0.05) is 206 Å². The van der Waals surface area contributed by atoms with Crippen LogP contribution in [0.25, 0.3) is 0 Å². The highest BCUT2D eigenvalue weighted by Crippen LogP contribution is 2.20. The van der Waals surface area contributed by atoms with Crippen LogP contribution in [-0.4, -0.2) is 46.1 Å². The molecular weight excluding hydrogens is 592 g/mol. The van der Waals surface area contributed by atoms with Crippen LogP contribution in [0.15, 0.2) is 0 Å². The van der Waals surface area contributed by atoms with Crippen molar-refractivity contribution in [2.24, 2.45) is 5.92 Å². The number of hydrogen-bond donors (Lipinski definition) is 2. The second-order valence-corrected chi connectivity index (χ2v) is 14.9. The van der Waals surface area contributed by atoms with Crippen LogP contribution in [0.2, 0.25) is 0 Å². The molecule has 2 amide bonds. The van der Waals surface area contributed by atoms with Gasteiger partial charge in [-0.15, -0.1) is 0 Å². The lowest BCUT2D eigenvalue weighted by Crippen LogP contribution is -2.39. The molecule has 0 aromatic rings. The molecule has 0 rings (SSSR count). The largest absolute Gasteiger partial charge is 0.382 e. The standard InChI is InChI=1S/C43H88N2O3/c1-4-6-8-10-12-14-16-18-20-22-24-26-28-30-32-35-42(41-45-43(46)44-37-34-38-48-40-39-47-3)36-33-31-29-27-25-23-21-19-17-15-13-11-9-7-5-2/h42H,4-41H2,1-3H3,(H2,44,45,46). The van der Waals surface area contributed by atoms with Gasteiger partial charge in [-0.05, 0) is 25.2 Å². The van der Waals surface area contributed by atoms with Crippen LogP contribution < -0.4 is 10.6 Å². The molecule has 0 heterocycles. The molecule has 0 radical (unpaired) electrons. The number of methoxy groups -OCH3 is 1. The predicted molar refractivity (Wildman–Crippen MR) is 211 cm³/mol. The lowest BCUT2D eigenvalue weighted by molar-refractivity contribution is 0.0697. The first-order chi connectivity index (χ1) is 23.7. The predicted octanol–water partition coefficient (Wildman–Crippen LogP) is 13.5. The van der Waals surface area contributed by atoms with Crippen molar-refractivity contribution in [2.45, 2.75) is 226 Å². The van der Waals surface area contributed by atoms with Crippen molar-refractivity contribution in [2.75, 3.05) is 40.0 Å². The maximum atomic E-state index is 12.4. The van der Waals surface area contributed by atoms with Gasteiger partial charge in [0.25, 0.3) is 0 Å². The van der Waals surface area contributed by atoms with E-state index in [0.717, 1.165) is 13.0 Å². The molecule has 2 N–H and O–H groups in total. The van der Waals surface area contributed by atoms with Crippen molar-refractivity contribution >= 4 is 6.03 Å². The number of urea groups is 1. The number of ether oxygens (including phenoxy) is 2. The molecule has 0 saturated carbocycles. The Bertz CT molecular complexity index is 569. The molecule has 0 aliphatic carbocycles. The minimum absolute atomic E-state index is 0.0233. The first-order valence-corrected chi connectivity index (χ1v) is 21.8. The smallest absolute Gasteiger partial charge is 0.314 e. The molecule has 0 aliphatic rings. The van der Waals surface area contributed by atoms with E-state index in [1.165, 1.54) is 205 Å². The summed E-state index contributed by atoms with van der Waals surface area (Å²) in [4.78, 5) is 12.4. The zero-order chi connectivity index (χ0) is 34.9. The van der Waals surface area contributed by atoms with Gasteiger partial charge in [-0.2, -0.15) is 0 Å². The van der Waals surface area contributed by atoms with Gasteiger partial charge < -0.3 is 20.1 Å². The minimum Gasteiger partial charge on any atom is -0.382 e. The van der Waals surface area contributed by atoms with Crippen LogP contribution in [0.5, 0.6) is 0 Å². The van der Waals surface area contributed by atoms with Crippen molar-refractivity contribution in [1.82, 2.24) is 10.6 Å². The summed E-state index contributed by atoms with van der Waals surface area (Å²) in [7, 11) is 1.68. The SMILES string of the molecule is CCCCCCCCCCCCCCCCCC(CCCCCCCCCCCCCCCCC)CNC(=O)NCCCOCCOC. The van der Waals surface area contributed by atoms with Gasteiger partial charge >= 0.3 is 6.03 Å². The van der Waals surface area contributed by atoms with E-state index < -0.39 is 0 Å². The summed E-state index contributed by atoms with van der Waals surface area (Å²) in [5.74, 6) is 0.608. The third-order valence-corrected chi connectivity index (χ3v) is 10.2. The molecule has 0 bridgehead atoms. The second kappa shape index (κ2) is 42.4. The van der Waals surface area contributed by atoms with E-state index in [2.05, 4.69) is 24.5 Å². The van der Waals surface area contributed by atoms with Crippen molar-refractivity contribution in [1.29, 1.82) is 0 Å². The summed E-state index contributed by atoms with van der Waals surface area (Å²) in [6.45, 7) is 7.95. The molecule has 0 aliphatic heterocycles. The van der Waals surface area contributed by atoms with Crippen molar-refractivity contribution in [3.05, 3.63) is 0 Å². The Morgan fingerprint density at radius 2 is 0.792 bits per heavy atom. The summed E-state index contributed by atoms with van der Waals surface area (Å²) in [5.41, 5.74) is 0. The van der Waals surface area contributed by atoms with Crippen LogP contribution in [0.4, 0.5) is 4.79 Å². The number of nitrogens with one attached hydrogen (secondary N) is 2. The Labute approximate surface area is 302 Å². The average molecular weight is 681 g/mol. The van der Waals surface area contributed by atoms with Gasteiger partial charge in [-0.25, -0.2) is 4.79 Å². The zero-order valence-electron chi connectivity index (χ0n) is 33.2. The first-order valence-electron chi connectivity index (χ1n) is 21.8. The number of hydrogen-bond acceptors (Lipinski definition) is 3. The fraction of sp³-hybridized carbons (Fsp3) is 0.977. The molecule has 0 spiro atoms. The zero-order valence-corrected chi connectivity index (χ0v) is 33.2. The lowest BCUT2D eigenvalue weighted by Gasteiger charge is -2.18. The van der Waals surface area contributed by atoms with Crippen LogP contribution in [0, 0.1) is 5.92 Å². The topological polar surface area (TPSA) is 59.6 Å². The van der Waals surface area contributed by atoms with E-state index in [9.17, 15) is 4.79 Å². The van der Waals surface area contributed by atoms with Crippen LogP contribution >= 0.6 is 0 Å². The van der Waals surface area contributed by atoms with Crippen LogP contribution in [0.3, 0.4) is 0 Å². The summed E-state index contributed by atoms with van der Waals surface area (Å²) < 4.78 is 10.5. The molecule has 0 unspecified atom stereocenters. The Morgan fingerprint density at radius 1 is 0.438 bits per heavy atom. The Balaban J connectivity index is 4.00. The van der Waals surface area contributed by atoms with Gasteiger partial charge in [0, 0.05) is 26.8 Å². The number of amides is 2. The van der Waals surface area contributed by atoms with E-state index in [-0.39, 0.29) is 6.03 Å². The summed E-state index contributed by atoms with van der Waals surface area (Å²) >= 11 is 0. The molecule has 288 valence electrons. The maximum absolute atomic E-state index is 12.4. The molecule has 5 nitrogen and oxygen atoms in total. The molecule has 0 aromatic carbocycles. The fourth-order valence-electron chi connectivity index (χ4n) is 6.88. The Hall–Kier alpha value is -0.810. The van der Waals surface area contributed by atoms with Gasteiger partial charge in [-0.3, -0.25) is 0 Å². The Morgan fingerprint density at radius 3 is 1.15 bits per heavy atom. The average Bonchev–Trinajstić information content (AvgIpc) is 3.09. The highest BCUT2D eigenvalue weighted by Gasteiger charge is 2.11. The van der Waals surface area contributed by atoms with E-state index in [4.69, 9.17) is 9.47 Å². The van der Waals surface area contributed by atoms with E-state index in [1.807, 2.05) is 0 Å². The van der Waals surface area contributed by atoms with E-state index in [0.29, 0.717) is 32.3 Å². The number of unbranched alkanes of at least 4 members (excludes halogenated alkanes) is 28. The number of carbonyl (C=O) groups excluding carboxylic acids is 1. The van der Waals surface area contributed by atoms with Gasteiger partial charge in [0.15, 0.2) is 0 Å². The van der Waals surface area contributed by atoms with Gasteiger partial charge in [0.05, 0.1) is 13.2 Å². The summed E-state index contributed by atoms with van der Waals surface area (Å²) in [6, 6.07) is -0.0233. The highest BCUT2D eigenvalue weighted by atomic mass is 16.5. The normalized spacial score (nSPS) is 11.5. The Kier molecular flexibility index (Phi) is 41.6. The molecule has 0 atom stereocenters. The third kappa shape index (κ3) is 39.6. The molecule has 0 aromatic heterocycles. The van der Waals surface area contributed by atoms with Crippen molar-refractivity contribution in [3.8, 4) is 0 Å². The molecule has 0 fully saturated rings.